The summed E-state index contributed by atoms with van der Waals surface area (Å²) in [5.41, 5.74) is -0.0638. The fourth-order valence-electron chi connectivity index (χ4n) is 1.10. The lowest BCUT2D eigenvalue weighted by molar-refractivity contribution is 0.0697. The van der Waals surface area contributed by atoms with Gasteiger partial charge in [0.1, 0.15) is 11.0 Å². The van der Waals surface area contributed by atoms with Crippen molar-refractivity contribution >= 4 is 28.6 Å². The molecule has 1 aromatic rings. The molecule has 94 valence electrons. The second kappa shape index (κ2) is 6.70. The van der Waals surface area contributed by atoms with Gasteiger partial charge in [0.15, 0.2) is 0 Å². The van der Waals surface area contributed by atoms with Crippen molar-refractivity contribution in [1.29, 1.82) is 0 Å². The normalized spacial score (nSPS) is 12.4. The zero-order valence-corrected chi connectivity index (χ0v) is 10.7. The number of halogens is 1. The molecule has 0 spiro atoms. The molecule has 1 rings (SSSR count). The highest BCUT2D eigenvalue weighted by molar-refractivity contribution is 7.83. The Kier molecular flexibility index (Phi) is 5.57. The van der Waals surface area contributed by atoms with E-state index in [1.54, 1.807) is 0 Å². The first-order valence-corrected chi connectivity index (χ1v) is 6.26. The molecule has 5 nitrogen and oxygen atoms in total. The van der Waals surface area contributed by atoms with Crippen LogP contribution in [-0.4, -0.2) is 35.5 Å². The number of hydrogen-bond acceptors (Lipinski definition) is 3. The Morgan fingerprint density at radius 3 is 2.88 bits per heavy atom. The molecule has 1 aromatic carbocycles. The van der Waals surface area contributed by atoms with Gasteiger partial charge in [0.05, 0.1) is 22.1 Å². The molecule has 0 saturated carbocycles. The van der Waals surface area contributed by atoms with E-state index in [1.807, 2.05) is 0 Å². The van der Waals surface area contributed by atoms with E-state index in [2.05, 4.69) is 4.72 Å². The van der Waals surface area contributed by atoms with Crippen molar-refractivity contribution in [2.75, 3.05) is 20.3 Å². The zero-order chi connectivity index (χ0) is 12.8. The molecule has 0 aliphatic carbocycles. The maximum absolute atomic E-state index is 11.7. The molecule has 17 heavy (non-hydrogen) atoms. The third kappa shape index (κ3) is 4.08. The minimum absolute atomic E-state index is 0.0638. The number of aromatic carboxylic acids is 1. The number of hydrogen-bond donors (Lipinski definition) is 2. The summed E-state index contributed by atoms with van der Waals surface area (Å²) < 4.78 is 19.2. The molecule has 1 unspecified atom stereocenters. The Morgan fingerprint density at radius 2 is 2.29 bits per heavy atom. The van der Waals surface area contributed by atoms with E-state index >= 15 is 0 Å². The number of carboxylic acid groups (broad SMARTS) is 1. The number of nitrogens with one attached hydrogen (secondary N) is 1. The van der Waals surface area contributed by atoms with Crippen LogP contribution in [-0.2, 0) is 15.7 Å². The van der Waals surface area contributed by atoms with Crippen LogP contribution >= 0.6 is 11.6 Å². The van der Waals surface area contributed by atoms with E-state index < -0.39 is 17.0 Å². The maximum Gasteiger partial charge on any atom is 0.337 e. The molecule has 0 amide bonds. The third-order valence-corrected chi connectivity index (χ3v) is 3.40. The van der Waals surface area contributed by atoms with Gasteiger partial charge >= 0.3 is 5.97 Å². The summed E-state index contributed by atoms with van der Waals surface area (Å²) in [6.07, 6.45) is 0. The summed E-state index contributed by atoms with van der Waals surface area (Å²) in [4.78, 5) is 11.2. The Balaban J connectivity index is 2.81. The molecule has 0 bridgehead atoms. The Bertz CT molecular complexity index is 438. The first-order valence-electron chi connectivity index (χ1n) is 4.73. The fraction of sp³-hybridized carbons (Fsp3) is 0.300. The number of carboxylic acids is 1. The first-order chi connectivity index (χ1) is 8.06. The van der Waals surface area contributed by atoms with Gasteiger partial charge < -0.3 is 9.84 Å². The summed E-state index contributed by atoms with van der Waals surface area (Å²) in [7, 11) is 0.0652. The molecule has 7 heteroatoms. The van der Waals surface area contributed by atoms with Crippen molar-refractivity contribution in [2.45, 2.75) is 4.90 Å². The molecule has 1 atom stereocenters. The van der Waals surface area contributed by atoms with Gasteiger partial charge in [-0.2, -0.15) is 0 Å². The largest absolute Gasteiger partial charge is 0.478 e. The highest BCUT2D eigenvalue weighted by atomic mass is 35.5. The van der Waals surface area contributed by atoms with E-state index in [-0.39, 0.29) is 10.6 Å². The van der Waals surface area contributed by atoms with Gasteiger partial charge in [-0.3, -0.25) is 0 Å². The Morgan fingerprint density at radius 1 is 1.59 bits per heavy atom. The van der Waals surface area contributed by atoms with Crippen molar-refractivity contribution < 1.29 is 18.8 Å². The van der Waals surface area contributed by atoms with Crippen molar-refractivity contribution in [2.24, 2.45) is 0 Å². The predicted molar refractivity (Wildman–Crippen MR) is 64.7 cm³/mol. The summed E-state index contributed by atoms with van der Waals surface area (Å²) in [6.45, 7) is 0.833. The fourth-order valence-corrected chi connectivity index (χ4v) is 2.15. The minimum atomic E-state index is -1.47. The second-order valence-corrected chi connectivity index (χ2v) is 4.81. The van der Waals surface area contributed by atoms with Crippen molar-refractivity contribution in [3.63, 3.8) is 0 Å². The summed E-state index contributed by atoms with van der Waals surface area (Å²) in [5.74, 6) is -1.15. The van der Waals surface area contributed by atoms with E-state index in [9.17, 15) is 9.00 Å². The highest BCUT2D eigenvalue weighted by Gasteiger charge is 2.12. The van der Waals surface area contributed by atoms with Gasteiger partial charge in [-0.15, -0.1) is 0 Å². The standard InChI is InChI=1S/C10H12ClNO4S/c1-16-5-4-12-17(15)7-2-3-9(11)8(6-7)10(13)14/h2-3,6,12H,4-5H2,1H3,(H,13,14). The van der Waals surface area contributed by atoms with Gasteiger partial charge in [-0.05, 0) is 18.2 Å². The average Bonchev–Trinajstić information content (AvgIpc) is 2.29. The van der Waals surface area contributed by atoms with Gasteiger partial charge in [0, 0.05) is 13.7 Å². The molecule has 0 aliphatic heterocycles. The first kappa shape index (κ1) is 14.1. The van der Waals surface area contributed by atoms with Gasteiger partial charge in [0.25, 0.3) is 0 Å². The smallest absolute Gasteiger partial charge is 0.337 e. The van der Waals surface area contributed by atoms with Gasteiger partial charge in [-0.1, -0.05) is 11.6 Å². The average molecular weight is 278 g/mol. The Hall–Kier alpha value is -0.950. The molecular formula is C10H12ClNO4S. The number of methoxy groups -OCH3 is 1. The number of rotatable bonds is 6. The summed E-state index contributed by atoms with van der Waals surface area (Å²) in [5, 5.41) is 8.98. The van der Waals surface area contributed by atoms with Crippen LogP contribution in [0.15, 0.2) is 23.1 Å². The summed E-state index contributed by atoms with van der Waals surface area (Å²) >= 11 is 5.70. The minimum Gasteiger partial charge on any atom is -0.478 e. The van der Waals surface area contributed by atoms with Crippen LogP contribution in [0.1, 0.15) is 10.4 Å². The van der Waals surface area contributed by atoms with E-state index in [4.69, 9.17) is 21.4 Å². The molecule has 0 fully saturated rings. The van der Waals surface area contributed by atoms with E-state index in [0.717, 1.165) is 0 Å². The molecule has 0 radical (unpaired) electrons. The molecule has 0 aromatic heterocycles. The molecular weight excluding hydrogens is 266 g/mol. The molecule has 0 heterocycles. The topological polar surface area (TPSA) is 75.6 Å². The van der Waals surface area contributed by atoms with Gasteiger partial charge in [0.2, 0.25) is 0 Å². The van der Waals surface area contributed by atoms with Crippen LogP contribution in [0, 0.1) is 0 Å². The zero-order valence-electron chi connectivity index (χ0n) is 9.10. The van der Waals surface area contributed by atoms with Crippen molar-refractivity contribution in [1.82, 2.24) is 4.72 Å². The number of benzene rings is 1. The van der Waals surface area contributed by atoms with Crippen LogP contribution in [0.2, 0.25) is 5.02 Å². The van der Waals surface area contributed by atoms with E-state index in [1.165, 1.54) is 25.3 Å². The second-order valence-electron chi connectivity index (χ2n) is 3.10. The maximum atomic E-state index is 11.7. The molecule has 2 N–H and O–H groups in total. The third-order valence-electron chi connectivity index (χ3n) is 1.92. The SMILES string of the molecule is COCCNS(=O)c1ccc(Cl)c(C(=O)O)c1. The Labute approximate surface area is 106 Å². The lowest BCUT2D eigenvalue weighted by Crippen LogP contribution is -2.22. The monoisotopic (exact) mass is 277 g/mol. The van der Waals surface area contributed by atoms with Crippen molar-refractivity contribution in [3.05, 3.63) is 28.8 Å². The van der Waals surface area contributed by atoms with Crippen LogP contribution < -0.4 is 4.72 Å². The van der Waals surface area contributed by atoms with Gasteiger partial charge in [-0.25, -0.2) is 13.7 Å². The van der Waals surface area contributed by atoms with E-state index in [0.29, 0.717) is 18.0 Å². The quantitative estimate of drug-likeness (QED) is 0.769. The van der Waals surface area contributed by atoms with Crippen LogP contribution in [0.5, 0.6) is 0 Å². The molecule has 0 aliphatic rings. The highest BCUT2D eigenvalue weighted by Crippen LogP contribution is 2.19. The lowest BCUT2D eigenvalue weighted by Gasteiger charge is -2.06. The predicted octanol–water partition coefficient (Wildman–Crippen LogP) is 1.30. The van der Waals surface area contributed by atoms with Crippen LogP contribution in [0.25, 0.3) is 0 Å². The number of carbonyl (C=O) groups is 1. The summed E-state index contributed by atoms with van der Waals surface area (Å²) in [6, 6.07) is 4.22. The number of ether oxygens (including phenoxy) is 1. The lowest BCUT2D eigenvalue weighted by atomic mass is 10.2. The van der Waals surface area contributed by atoms with Crippen LogP contribution in [0.4, 0.5) is 0 Å². The van der Waals surface area contributed by atoms with Crippen LogP contribution in [0.3, 0.4) is 0 Å². The molecule has 0 saturated heterocycles. The van der Waals surface area contributed by atoms with Crippen molar-refractivity contribution in [3.8, 4) is 0 Å².